The van der Waals surface area contributed by atoms with E-state index in [0.717, 1.165) is 6.07 Å². The first kappa shape index (κ1) is 14.9. The molecule has 1 N–H and O–H groups in total. The van der Waals surface area contributed by atoms with E-state index in [2.05, 4.69) is 15.9 Å². The summed E-state index contributed by atoms with van der Waals surface area (Å²) in [5, 5.41) is 10.2. The summed E-state index contributed by atoms with van der Waals surface area (Å²) < 4.78 is 33.1. The van der Waals surface area contributed by atoms with Crippen LogP contribution in [-0.2, 0) is 0 Å². The maximum Gasteiger partial charge on any atom is 0.146 e. The molecule has 0 spiro atoms. The van der Waals surface area contributed by atoms with Gasteiger partial charge in [0, 0.05) is 0 Å². The lowest BCUT2D eigenvalue weighted by atomic mass is 10.0. The van der Waals surface area contributed by atoms with Gasteiger partial charge in [0.2, 0.25) is 0 Å². The van der Waals surface area contributed by atoms with Crippen LogP contribution in [0.25, 0.3) is 0 Å². The van der Waals surface area contributed by atoms with Crippen LogP contribution in [-0.4, -0.2) is 11.7 Å². The van der Waals surface area contributed by atoms with Crippen molar-refractivity contribution in [2.75, 3.05) is 6.61 Å². The molecular weight excluding hydrogens is 330 g/mol. The van der Waals surface area contributed by atoms with E-state index in [1.54, 1.807) is 24.3 Å². The lowest BCUT2D eigenvalue weighted by molar-refractivity contribution is 0.208. The first-order chi connectivity index (χ1) is 9.54. The number of halogens is 3. The van der Waals surface area contributed by atoms with E-state index in [-0.39, 0.29) is 10.0 Å². The molecule has 0 aliphatic heterocycles. The molecular formula is C15H13BrF2O2. The third-order valence-electron chi connectivity index (χ3n) is 2.84. The number of hydrogen-bond acceptors (Lipinski definition) is 2. The average molecular weight is 343 g/mol. The Balaban J connectivity index is 2.43. The molecule has 5 heteroatoms. The number of aliphatic hydroxyl groups is 1. The molecule has 106 valence electrons. The SMILES string of the molecule is CCOc1cccc(C(O)c2c(F)ccc(Br)c2F)c1. The maximum absolute atomic E-state index is 14.0. The standard InChI is InChI=1S/C15H13BrF2O2/c1-2-20-10-5-3-4-9(8-10)15(19)13-12(17)7-6-11(16)14(13)18/h3-8,15,19H,2H2,1H3. The normalized spacial score (nSPS) is 12.2. The summed E-state index contributed by atoms with van der Waals surface area (Å²) in [4.78, 5) is 0. The van der Waals surface area contributed by atoms with Gasteiger partial charge in [0.25, 0.3) is 0 Å². The smallest absolute Gasteiger partial charge is 0.146 e. The Hall–Kier alpha value is -1.46. The van der Waals surface area contributed by atoms with E-state index in [0.29, 0.717) is 17.9 Å². The number of rotatable bonds is 4. The summed E-state index contributed by atoms with van der Waals surface area (Å²) in [7, 11) is 0. The molecule has 0 amide bonds. The summed E-state index contributed by atoms with van der Waals surface area (Å²) in [6.07, 6.45) is -1.40. The highest BCUT2D eigenvalue weighted by atomic mass is 79.9. The van der Waals surface area contributed by atoms with E-state index in [9.17, 15) is 13.9 Å². The Morgan fingerprint density at radius 1 is 1.25 bits per heavy atom. The van der Waals surface area contributed by atoms with E-state index in [1.807, 2.05) is 6.92 Å². The van der Waals surface area contributed by atoms with Crippen LogP contribution in [0.1, 0.15) is 24.2 Å². The van der Waals surface area contributed by atoms with Crippen LogP contribution < -0.4 is 4.74 Å². The highest BCUT2D eigenvalue weighted by Gasteiger charge is 2.22. The van der Waals surface area contributed by atoms with Crippen molar-refractivity contribution in [3.63, 3.8) is 0 Å². The molecule has 20 heavy (non-hydrogen) atoms. The van der Waals surface area contributed by atoms with Crippen LogP contribution in [0.2, 0.25) is 0 Å². The Morgan fingerprint density at radius 2 is 2.00 bits per heavy atom. The van der Waals surface area contributed by atoms with Gasteiger partial charge in [0.05, 0.1) is 16.6 Å². The second-order valence-electron chi connectivity index (χ2n) is 4.16. The molecule has 2 nitrogen and oxygen atoms in total. The fraction of sp³-hybridized carbons (Fsp3) is 0.200. The van der Waals surface area contributed by atoms with Gasteiger partial charge in [0.15, 0.2) is 0 Å². The fourth-order valence-electron chi connectivity index (χ4n) is 1.90. The first-order valence-electron chi connectivity index (χ1n) is 6.08. The zero-order chi connectivity index (χ0) is 14.7. The monoisotopic (exact) mass is 342 g/mol. The van der Waals surface area contributed by atoms with Crippen molar-refractivity contribution in [3.8, 4) is 5.75 Å². The van der Waals surface area contributed by atoms with Crippen molar-refractivity contribution >= 4 is 15.9 Å². The lowest BCUT2D eigenvalue weighted by Crippen LogP contribution is -2.06. The van der Waals surface area contributed by atoms with Crippen LogP contribution in [0.5, 0.6) is 5.75 Å². The molecule has 1 unspecified atom stereocenters. The number of aliphatic hydroxyl groups excluding tert-OH is 1. The molecule has 0 aromatic heterocycles. The Morgan fingerprint density at radius 3 is 2.70 bits per heavy atom. The highest BCUT2D eigenvalue weighted by Crippen LogP contribution is 2.31. The molecule has 2 aromatic rings. The predicted octanol–water partition coefficient (Wildman–Crippen LogP) is 4.21. The molecule has 0 bridgehead atoms. The van der Waals surface area contributed by atoms with E-state index < -0.39 is 17.7 Å². The van der Waals surface area contributed by atoms with Crippen molar-refractivity contribution in [1.29, 1.82) is 0 Å². The van der Waals surface area contributed by atoms with Gasteiger partial charge in [-0.05, 0) is 52.7 Å². The van der Waals surface area contributed by atoms with Crippen LogP contribution >= 0.6 is 15.9 Å². The number of hydrogen-bond donors (Lipinski definition) is 1. The zero-order valence-corrected chi connectivity index (χ0v) is 12.3. The maximum atomic E-state index is 14.0. The van der Waals surface area contributed by atoms with Gasteiger partial charge >= 0.3 is 0 Å². The Bertz CT molecular complexity index is 617. The molecule has 2 rings (SSSR count). The van der Waals surface area contributed by atoms with Gasteiger partial charge in [-0.3, -0.25) is 0 Å². The van der Waals surface area contributed by atoms with Crippen molar-refractivity contribution in [2.24, 2.45) is 0 Å². The summed E-state index contributed by atoms with van der Waals surface area (Å²) >= 11 is 2.98. The molecule has 0 fully saturated rings. The molecule has 0 radical (unpaired) electrons. The molecule has 0 saturated heterocycles. The Labute approximate surface area is 124 Å². The van der Waals surface area contributed by atoms with Crippen LogP contribution in [0.3, 0.4) is 0 Å². The molecule has 0 saturated carbocycles. The van der Waals surface area contributed by atoms with Crippen molar-refractivity contribution < 1.29 is 18.6 Å². The molecule has 0 aliphatic rings. The highest BCUT2D eigenvalue weighted by molar-refractivity contribution is 9.10. The molecule has 2 aromatic carbocycles. The van der Waals surface area contributed by atoms with Crippen LogP contribution in [0.15, 0.2) is 40.9 Å². The minimum atomic E-state index is -1.40. The van der Waals surface area contributed by atoms with Crippen molar-refractivity contribution in [1.82, 2.24) is 0 Å². The van der Waals surface area contributed by atoms with Gasteiger partial charge < -0.3 is 9.84 Å². The van der Waals surface area contributed by atoms with Crippen molar-refractivity contribution in [2.45, 2.75) is 13.0 Å². The number of ether oxygens (including phenoxy) is 1. The van der Waals surface area contributed by atoms with Crippen LogP contribution in [0, 0.1) is 11.6 Å². The van der Waals surface area contributed by atoms with Gasteiger partial charge in [-0.25, -0.2) is 8.78 Å². The topological polar surface area (TPSA) is 29.5 Å². The van der Waals surface area contributed by atoms with Gasteiger partial charge in [0.1, 0.15) is 23.5 Å². The largest absolute Gasteiger partial charge is 0.494 e. The number of benzene rings is 2. The zero-order valence-electron chi connectivity index (χ0n) is 10.7. The second kappa shape index (κ2) is 6.33. The first-order valence-corrected chi connectivity index (χ1v) is 6.88. The van der Waals surface area contributed by atoms with Gasteiger partial charge in [-0.15, -0.1) is 0 Å². The lowest BCUT2D eigenvalue weighted by Gasteiger charge is -2.15. The fourth-order valence-corrected chi connectivity index (χ4v) is 2.25. The second-order valence-corrected chi connectivity index (χ2v) is 5.02. The molecule has 0 heterocycles. The van der Waals surface area contributed by atoms with Crippen molar-refractivity contribution in [3.05, 3.63) is 63.6 Å². The van der Waals surface area contributed by atoms with E-state index in [4.69, 9.17) is 4.74 Å². The minimum absolute atomic E-state index is 0.105. The van der Waals surface area contributed by atoms with E-state index >= 15 is 0 Å². The van der Waals surface area contributed by atoms with Gasteiger partial charge in [-0.1, -0.05) is 12.1 Å². The van der Waals surface area contributed by atoms with Gasteiger partial charge in [-0.2, -0.15) is 0 Å². The summed E-state index contributed by atoms with van der Waals surface area (Å²) in [5.74, 6) is -1.06. The predicted molar refractivity (Wildman–Crippen MR) is 75.7 cm³/mol. The minimum Gasteiger partial charge on any atom is -0.494 e. The van der Waals surface area contributed by atoms with Crippen LogP contribution in [0.4, 0.5) is 8.78 Å². The third kappa shape index (κ3) is 2.99. The quantitative estimate of drug-likeness (QED) is 0.843. The molecule has 1 atom stereocenters. The molecule has 0 aliphatic carbocycles. The summed E-state index contributed by atoms with van der Waals surface area (Å²) in [6, 6.07) is 8.90. The average Bonchev–Trinajstić information content (AvgIpc) is 2.44. The summed E-state index contributed by atoms with van der Waals surface area (Å²) in [5.41, 5.74) is -0.0140. The van der Waals surface area contributed by atoms with E-state index in [1.165, 1.54) is 6.07 Å². The summed E-state index contributed by atoms with van der Waals surface area (Å²) in [6.45, 7) is 2.30. The Kier molecular flexibility index (Phi) is 4.73. The third-order valence-corrected chi connectivity index (χ3v) is 3.45.